The van der Waals surface area contributed by atoms with Crippen LogP contribution in [0.4, 0.5) is 4.79 Å². The maximum atomic E-state index is 12.0. The van der Waals surface area contributed by atoms with Gasteiger partial charge in [0.15, 0.2) is 0 Å². The summed E-state index contributed by atoms with van der Waals surface area (Å²) in [6.07, 6.45) is 4.88. The van der Waals surface area contributed by atoms with Crippen molar-refractivity contribution in [2.45, 2.75) is 78.0 Å². The predicted octanol–water partition coefficient (Wildman–Crippen LogP) is 3.00. The van der Waals surface area contributed by atoms with E-state index in [9.17, 15) is 4.79 Å². The smallest absolute Gasteiger partial charge is 0.410 e. The Bertz CT molecular complexity index is 349. The minimum atomic E-state index is -0.436. The first-order valence-electron chi connectivity index (χ1n) is 9.08. The van der Waals surface area contributed by atoms with Crippen LogP contribution in [0.3, 0.4) is 0 Å². The van der Waals surface area contributed by atoms with Crippen LogP contribution in [0.5, 0.6) is 0 Å². The Morgan fingerprint density at radius 2 is 2.04 bits per heavy atom. The molecule has 23 heavy (non-hydrogen) atoms. The molecule has 136 valence electrons. The first kappa shape index (κ1) is 20.2. The second-order valence-electron chi connectivity index (χ2n) is 8.16. The molecule has 0 saturated carbocycles. The third kappa shape index (κ3) is 9.16. The molecule has 1 aliphatic rings. The zero-order valence-electron chi connectivity index (χ0n) is 15.9. The van der Waals surface area contributed by atoms with Crippen molar-refractivity contribution in [1.82, 2.24) is 15.5 Å². The minimum absolute atomic E-state index is 0.246. The first-order chi connectivity index (χ1) is 10.7. The molecule has 0 bridgehead atoms. The Labute approximate surface area is 142 Å². The van der Waals surface area contributed by atoms with E-state index in [1.165, 1.54) is 25.7 Å². The van der Waals surface area contributed by atoms with Gasteiger partial charge in [0.1, 0.15) is 5.60 Å². The summed E-state index contributed by atoms with van der Waals surface area (Å²) in [5.41, 5.74) is -0.436. The zero-order chi connectivity index (χ0) is 17.5. The quantitative estimate of drug-likeness (QED) is 0.755. The monoisotopic (exact) mass is 327 g/mol. The highest BCUT2D eigenvalue weighted by molar-refractivity contribution is 5.67. The number of carbonyl (C=O) groups is 1. The van der Waals surface area contributed by atoms with Crippen LogP contribution in [0.2, 0.25) is 0 Å². The van der Waals surface area contributed by atoms with Gasteiger partial charge in [0.05, 0.1) is 0 Å². The standard InChI is InChI=1S/C18H37N3O2/c1-14(13-21(6)17(22)23-18(3,4)5)12-20-15(2)11-16-9-7-8-10-19-16/h14-16,19-20H,7-13H2,1-6H3. The lowest BCUT2D eigenvalue weighted by molar-refractivity contribution is 0.0276. The number of nitrogens with one attached hydrogen (secondary N) is 2. The van der Waals surface area contributed by atoms with Gasteiger partial charge in [0.25, 0.3) is 0 Å². The summed E-state index contributed by atoms with van der Waals surface area (Å²) >= 11 is 0. The van der Waals surface area contributed by atoms with Crippen molar-refractivity contribution in [2.24, 2.45) is 5.92 Å². The Balaban J connectivity index is 2.21. The van der Waals surface area contributed by atoms with E-state index in [0.717, 1.165) is 13.1 Å². The molecule has 1 fully saturated rings. The van der Waals surface area contributed by atoms with Crippen LogP contribution < -0.4 is 10.6 Å². The average Bonchev–Trinajstić information content (AvgIpc) is 2.44. The van der Waals surface area contributed by atoms with Crippen LogP contribution in [-0.4, -0.2) is 55.4 Å². The molecule has 1 aliphatic heterocycles. The summed E-state index contributed by atoms with van der Waals surface area (Å²) in [6.45, 7) is 12.9. The lowest BCUT2D eigenvalue weighted by atomic mass is 9.98. The summed E-state index contributed by atoms with van der Waals surface area (Å²) in [5.74, 6) is 0.397. The van der Waals surface area contributed by atoms with E-state index in [4.69, 9.17) is 4.74 Å². The number of hydrogen-bond acceptors (Lipinski definition) is 4. The molecule has 1 saturated heterocycles. The number of carbonyl (C=O) groups excluding carboxylic acids is 1. The van der Waals surface area contributed by atoms with Crippen molar-refractivity contribution in [2.75, 3.05) is 26.7 Å². The van der Waals surface area contributed by atoms with Gasteiger partial charge < -0.3 is 20.3 Å². The Morgan fingerprint density at radius 3 is 2.61 bits per heavy atom. The number of amides is 1. The molecule has 1 amide bonds. The lowest BCUT2D eigenvalue weighted by Crippen LogP contribution is -2.42. The Hall–Kier alpha value is -0.810. The maximum Gasteiger partial charge on any atom is 0.410 e. The largest absolute Gasteiger partial charge is 0.444 e. The molecule has 2 N–H and O–H groups in total. The SMILES string of the molecule is CC(CNC(C)CC1CCCCN1)CN(C)C(=O)OC(C)(C)C. The highest BCUT2D eigenvalue weighted by atomic mass is 16.6. The minimum Gasteiger partial charge on any atom is -0.444 e. The summed E-state index contributed by atoms with van der Waals surface area (Å²) in [4.78, 5) is 13.6. The summed E-state index contributed by atoms with van der Waals surface area (Å²) in [6, 6.07) is 1.16. The fourth-order valence-corrected chi connectivity index (χ4v) is 2.98. The van der Waals surface area contributed by atoms with Crippen molar-refractivity contribution in [1.29, 1.82) is 0 Å². The normalized spacial score (nSPS) is 21.6. The average molecular weight is 328 g/mol. The van der Waals surface area contributed by atoms with E-state index < -0.39 is 5.60 Å². The number of hydrogen-bond donors (Lipinski definition) is 2. The predicted molar refractivity (Wildman–Crippen MR) is 95.8 cm³/mol. The van der Waals surface area contributed by atoms with Gasteiger partial charge in [-0.15, -0.1) is 0 Å². The van der Waals surface area contributed by atoms with Gasteiger partial charge >= 0.3 is 6.09 Å². The molecule has 5 nitrogen and oxygen atoms in total. The second kappa shape index (κ2) is 9.48. The molecule has 0 aliphatic carbocycles. The van der Waals surface area contributed by atoms with Gasteiger partial charge in [-0.3, -0.25) is 0 Å². The molecule has 5 heteroatoms. The van der Waals surface area contributed by atoms with Crippen molar-refractivity contribution in [3.63, 3.8) is 0 Å². The van der Waals surface area contributed by atoms with Crippen LogP contribution in [0.1, 0.15) is 60.3 Å². The number of piperidine rings is 1. The molecular weight excluding hydrogens is 290 g/mol. The number of ether oxygens (including phenoxy) is 1. The van der Waals surface area contributed by atoms with E-state index >= 15 is 0 Å². The van der Waals surface area contributed by atoms with E-state index in [2.05, 4.69) is 24.5 Å². The summed E-state index contributed by atoms with van der Waals surface area (Å²) < 4.78 is 5.38. The van der Waals surface area contributed by atoms with Crippen LogP contribution >= 0.6 is 0 Å². The molecule has 1 rings (SSSR count). The van der Waals surface area contributed by atoms with Crippen molar-refractivity contribution >= 4 is 6.09 Å². The van der Waals surface area contributed by atoms with Crippen molar-refractivity contribution in [3.8, 4) is 0 Å². The topological polar surface area (TPSA) is 53.6 Å². The molecule has 3 unspecified atom stereocenters. The molecule has 0 radical (unpaired) electrons. The Kier molecular flexibility index (Phi) is 8.34. The first-order valence-corrected chi connectivity index (χ1v) is 9.08. The maximum absolute atomic E-state index is 12.0. The van der Waals surface area contributed by atoms with Gasteiger partial charge in [-0.1, -0.05) is 13.3 Å². The Morgan fingerprint density at radius 1 is 1.35 bits per heavy atom. The van der Waals surface area contributed by atoms with Gasteiger partial charge in [0, 0.05) is 25.7 Å². The summed E-state index contributed by atoms with van der Waals surface area (Å²) in [7, 11) is 1.81. The fourth-order valence-electron chi connectivity index (χ4n) is 2.98. The molecule has 0 spiro atoms. The molecule has 0 aromatic rings. The van der Waals surface area contributed by atoms with Crippen molar-refractivity contribution < 1.29 is 9.53 Å². The van der Waals surface area contributed by atoms with Crippen molar-refractivity contribution in [3.05, 3.63) is 0 Å². The van der Waals surface area contributed by atoms with Gasteiger partial charge in [-0.25, -0.2) is 4.79 Å². The van der Waals surface area contributed by atoms with Gasteiger partial charge in [-0.05, 0) is 66.0 Å². The number of rotatable bonds is 7. The number of nitrogens with zero attached hydrogens (tertiary/aromatic N) is 1. The second-order valence-corrected chi connectivity index (χ2v) is 8.16. The summed E-state index contributed by atoms with van der Waals surface area (Å²) in [5, 5.41) is 7.20. The van der Waals surface area contributed by atoms with E-state index in [0.29, 0.717) is 24.5 Å². The van der Waals surface area contributed by atoms with E-state index in [1.807, 2.05) is 20.8 Å². The molecular formula is C18H37N3O2. The van der Waals surface area contributed by atoms with Gasteiger partial charge in [-0.2, -0.15) is 0 Å². The van der Waals surface area contributed by atoms with Crippen LogP contribution in [0.25, 0.3) is 0 Å². The van der Waals surface area contributed by atoms with Gasteiger partial charge in [0.2, 0.25) is 0 Å². The highest BCUT2D eigenvalue weighted by Gasteiger charge is 2.21. The van der Waals surface area contributed by atoms with Crippen LogP contribution in [0, 0.1) is 5.92 Å². The van der Waals surface area contributed by atoms with Crippen LogP contribution in [0.15, 0.2) is 0 Å². The molecule has 3 atom stereocenters. The third-order valence-corrected chi connectivity index (χ3v) is 4.16. The van der Waals surface area contributed by atoms with E-state index in [-0.39, 0.29) is 6.09 Å². The fraction of sp³-hybridized carbons (Fsp3) is 0.944. The molecule has 1 heterocycles. The van der Waals surface area contributed by atoms with Crippen LogP contribution in [-0.2, 0) is 4.74 Å². The molecule has 0 aromatic heterocycles. The molecule has 0 aromatic carbocycles. The van der Waals surface area contributed by atoms with E-state index in [1.54, 1.807) is 11.9 Å². The zero-order valence-corrected chi connectivity index (χ0v) is 15.9. The third-order valence-electron chi connectivity index (χ3n) is 4.16. The highest BCUT2D eigenvalue weighted by Crippen LogP contribution is 2.13. The lowest BCUT2D eigenvalue weighted by Gasteiger charge is -2.29.